The lowest BCUT2D eigenvalue weighted by Gasteiger charge is -2.13. The summed E-state index contributed by atoms with van der Waals surface area (Å²) in [5.74, 6) is -9.25. The lowest BCUT2D eigenvalue weighted by molar-refractivity contribution is -0.163. The van der Waals surface area contributed by atoms with Gasteiger partial charge in [0.2, 0.25) is 17.7 Å². The number of esters is 2. The summed E-state index contributed by atoms with van der Waals surface area (Å²) in [7, 11) is 3.34. The Morgan fingerprint density at radius 1 is 0.506 bits per heavy atom. The van der Waals surface area contributed by atoms with Crippen molar-refractivity contribution in [3.8, 4) is 0 Å². The second-order valence-corrected chi connectivity index (χ2v) is 20.0. The number of ether oxygens (including phenoxy) is 2. The second kappa shape index (κ2) is 47.4. The molecule has 3 saturated heterocycles. The molecule has 3 amide bonds. The van der Waals surface area contributed by atoms with E-state index in [0.717, 1.165) is 64.5 Å². The predicted molar refractivity (Wildman–Crippen MR) is 295 cm³/mol. The van der Waals surface area contributed by atoms with Crippen LogP contribution in [0.15, 0.2) is 0 Å². The van der Waals surface area contributed by atoms with Gasteiger partial charge in [-0.2, -0.15) is 0 Å². The van der Waals surface area contributed by atoms with Crippen LogP contribution in [0.25, 0.3) is 0 Å². The maximum Gasteiger partial charge on any atom is 0.344 e. The van der Waals surface area contributed by atoms with Crippen LogP contribution in [0.4, 0.5) is 0 Å². The third-order valence-corrected chi connectivity index (χ3v) is 11.7. The number of carbonyl (C=O) groups excluding carboxylic acids is 5. The molecule has 21 N–H and O–H groups in total. The molecule has 4 aliphatic rings. The van der Waals surface area contributed by atoms with Gasteiger partial charge in [-0.1, -0.05) is 40.5 Å². The molecular weight excluding hydrogens is 1110 g/mol. The number of nitrogens with one attached hydrogen (secondary N) is 5. The zero-order valence-corrected chi connectivity index (χ0v) is 48.7. The minimum Gasteiger partial charge on any atom is -0.481 e. The molecule has 1 aliphatic carbocycles. The molecule has 3 aliphatic heterocycles. The molecule has 480 valence electrons. The SMILES string of the molecule is CN[C@@H](CC(C)C)C(=O)O.CN[C@@H](CC(C)C)C(=O)O.C[C@H](OC(=O)C(N)CCC(N)=O)C(=O)O.C[C@H](OC(=O)[C@@H](N)CCC(N)=O)C(=O)O.O=C(O)C1CCCC1.O=C(O)[C@@H]1CCCN1.O=C(O)[C@@H]1CCCN1.O=C1CC[C@@H](C(=O)O)N1. The maximum atomic E-state index is 11.1. The van der Waals surface area contributed by atoms with Gasteiger partial charge in [0.25, 0.3) is 0 Å². The first-order chi connectivity index (χ1) is 38.4. The van der Waals surface area contributed by atoms with Crippen LogP contribution >= 0.6 is 0 Å². The summed E-state index contributed by atoms with van der Waals surface area (Å²) in [4.78, 5) is 135. The Morgan fingerprint density at radius 3 is 1.00 bits per heavy atom. The molecule has 0 spiro atoms. The summed E-state index contributed by atoms with van der Waals surface area (Å²) in [5.41, 5.74) is 20.4. The van der Waals surface area contributed by atoms with Crippen LogP contribution < -0.4 is 49.5 Å². The Balaban J connectivity index is -0.000000434. The Morgan fingerprint density at radius 2 is 0.843 bits per heavy atom. The number of carbonyl (C=O) groups is 13. The van der Waals surface area contributed by atoms with Crippen molar-refractivity contribution in [2.24, 2.45) is 40.7 Å². The molecule has 0 radical (unpaired) electrons. The van der Waals surface area contributed by atoms with Gasteiger partial charge in [-0.3, -0.25) is 47.9 Å². The third kappa shape index (κ3) is 46.1. The van der Waals surface area contributed by atoms with Gasteiger partial charge in [0.15, 0.2) is 12.2 Å². The molecular formula is C51H93N9O23. The summed E-state index contributed by atoms with van der Waals surface area (Å²) >= 11 is 0. The predicted octanol–water partition coefficient (Wildman–Crippen LogP) is -1.14. The van der Waals surface area contributed by atoms with Crippen molar-refractivity contribution < 1.29 is 113 Å². The topological polar surface area (TPSA) is 566 Å². The average Bonchev–Trinajstić information content (AvgIpc) is 4.26. The number of amides is 3. The van der Waals surface area contributed by atoms with Gasteiger partial charge in [0.05, 0.1) is 5.92 Å². The van der Waals surface area contributed by atoms with Crippen molar-refractivity contribution in [3.05, 3.63) is 0 Å². The van der Waals surface area contributed by atoms with Gasteiger partial charge in [0, 0.05) is 19.3 Å². The fraction of sp³-hybridized carbons (Fsp3) is 0.745. The molecule has 4 fully saturated rings. The normalized spacial score (nSPS) is 18.7. The first kappa shape index (κ1) is 82.3. The molecule has 4 rings (SSSR count). The Labute approximate surface area is 482 Å². The van der Waals surface area contributed by atoms with Crippen LogP contribution in [0.1, 0.15) is 144 Å². The van der Waals surface area contributed by atoms with E-state index in [1.54, 1.807) is 14.1 Å². The summed E-state index contributed by atoms with van der Waals surface area (Å²) in [6.07, 6.45) is 7.21. The van der Waals surface area contributed by atoms with E-state index < -0.39 is 102 Å². The van der Waals surface area contributed by atoms with Crippen LogP contribution in [-0.4, -0.2) is 200 Å². The summed E-state index contributed by atoms with van der Waals surface area (Å²) in [5, 5.41) is 80.9. The summed E-state index contributed by atoms with van der Waals surface area (Å²) in [6.45, 7) is 12.2. The molecule has 0 aromatic carbocycles. The lowest BCUT2D eigenvalue weighted by atomic mass is 10.0. The highest BCUT2D eigenvalue weighted by Gasteiger charge is 2.27. The molecule has 0 aromatic heterocycles. The van der Waals surface area contributed by atoms with Crippen molar-refractivity contribution >= 4 is 77.4 Å². The molecule has 32 nitrogen and oxygen atoms in total. The number of hydrogen-bond acceptors (Lipinski definition) is 21. The minimum absolute atomic E-state index is 0.0185. The van der Waals surface area contributed by atoms with E-state index >= 15 is 0 Å². The van der Waals surface area contributed by atoms with Gasteiger partial charge in [-0.25, -0.2) is 14.4 Å². The molecule has 83 heavy (non-hydrogen) atoms. The van der Waals surface area contributed by atoms with Crippen LogP contribution in [0.2, 0.25) is 0 Å². The van der Waals surface area contributed by atoms with E-state index in [1.165, 1.54) is 13.8 Å². The van der Waals surface area contributed by atoms with Crippen molar-refractivity contribution in [2.75, 3.05) is 27.2 Å². The number of likely N-dealkylation sites (N-methyl/N-ethyl adjacent to an activating group) is 2. The van der Waals surface area contributed by atoms with Gasteiger partial charge >= 0.3 is 59.7 Å². The van der Waals surface area contributed by atoms with Crippen LogP contribution in [0.3, 0.4) is 0 Å². The standard InChI is InChI=1S/2C8H14N2O5.2C7H15NO2.C6H10O2.C5H7NO3.2C5H9NO2/c2*1-4(7(12)13)15-8(14)5(9)2-3-6(10)11;2*1-5(2)4-6(8-3)7(9)10;7-6(8)5-3-1-2-4-5;7-4-2-1-3(6-4)5(8)9;2*7-5(8)4-2-1-3-6-4/h2*4-5H,2-3,9H2,1H3,(H2,10,11)(H,12,13);2*5-6,8H,4H2,1-3H3,(H,9,10);5H,1-4H2,(H,7,8);3H,1-2H2,(H,6,7)(H,8,9);2*4,6H,1-3H2,(H,7,8)/t4-,5?;4-,5-;2*6-;;3-;2*4-/m0000.000/s1. The summed E-state index contributed by atoms with van der Waals surface area (Å²) < 4.78 is 8.98. The van der Waals surface area contributed by atoms with Crippen LogP contribution in [0.5, 0.6) is 0 Å². The third-order valence-electron chi connectivity index (χ3n) is 11.7. The number of hydrogen-bond donors (Lipinski definition) is 17. The number of carboxylic acids is 8. The zero-order chi connectivity index (χ0) is 65.1. The number of primary amides is 2. The molecule has 32 heteroatoms. The second-order valence-electron chi connectivity index (χ2n) is 20.0. The largest absolute Gasteiger partial charge is 0.481 e. The van der Waals surface area contributed by atoms with Crippen molar-refractivity contribution in [1.82, 2.24) is 26.6 Å². The van der Waals surface area contributed by atoms with E-state index in [9.17, 15) is 62.3 Å². The highest BCUT2D eigenvalue weighted by atomic mass is 16.6. The van der Waals surface area contributed by atoms with Crippen molar-refractivity contribution in [3.63, 3.8) is 0 Å². The molecule has 3 heterocycles. The van der Waals surface area contributed by atoms with Crippen LogP contribution in [0, 0.1) is 17.8 Å². The molecule has 0 bridgehead atoms. The first-order valence-electron chi connectivity index (χ1n) is 26.9. The van der Waals surface area contributed by atoms with Gasteiger partial charge < -0.3 is 99.8 Å². The van der Waals surface area contributed by atoms with Gasteiger partial charge in [-0.05, 0) is 123 Å². The molecule has 0 aromatic rings. The maximum absolute atomic E-state index is 11.1. The van der Waals surface area contributed by atoms with E-state index in [1.807, 2.05) is 27.7 Å². The Kier molecular flexibility index (Phi) is 47.0. The Bertz CT molecular complexity index is 1870. The fourth-order valence-corrected chi connectivity index (χ4v) is 6.85. The van der Waals surface area contributed by atoms with E-state index in [0.29, 0.717) is 37.5 Å². The number of aliphatic carboxylic acids is 8. The van der Waals surface area contributed by atoms with Gasteiger partial charge in [-0.15, -0.1) is 0 Å². The summed E-state index contributed by atoms with van der Waals surface area (Å²) in [6, 6.07) is -4.01. The minimum atomic E-state index is -1.26. The van der Waals surface area contributed by atoms with E-state index in [4.69, 9.17) is 63.8 Å². The first-order valence-corrected chi connectivity index (χ1v) is 26.9. The smallest absolute Gasteiger partial charge is 0.344 e. The number of nitrogens with two attached hydrogens (primary N) is 4. The molecule has 1 saturated carbocycles. The Hall–Kier alpha value is -7.13. The number of rotatable bonds is 24. The zero-order valence-electron chi connectivity index (χ0n) is 48.7. The van der Waals surface area contributed by atoms with Gasteiger partial charge in [0.1, 0.15) is 42.3 Å². The monoisotopic (exact) mass is 1200 g/mol. The molecule has 1 unspecified atom stereocenters. The molecule has 9 atom stereocenters. The van der Waals surface area contributed by atoms with Crippen molar-refractivity contribution in [1.29, 1.82) is 0 Å². The highest BCUT2D eigenvalue weighted by molar-refractivity contribution is 5.87. The van der Waals surface area contributed by atoms with E-state index in [-0.39, 0.29) is 61.7 Å². The van der Waals surface area contributed by atoms with Crippen LogP contribution in [-0.2, 0) is 71.8 Å². The lowest BCUT2D eigenvalue weighted by Crippen LogP contribution is -2.37. The van der Waals surface area contributed by atoms with E-state index in [2.05, 4.69) is 36.1 Å². The average molecular weight is 1200 g/mol. The fourth-order valence-electron chi connectivity index (χ4n) is 6.85. The quantitative estimate of drug-likeness (QED) is 0.0508. The number of carboxylic acid groups (broad SMARTS) is 8. The van der Waals surface area contributed by atoms with Crippen molar-refractivity contribution in [2.45, 2.75) is 199 Å². The highest BCUT2D eigenvalue weighted by Crippen LogP contribution is 2.24.